The third kappa shape index (κ3) is 3.71. The van der Waals surface area contributed by atoms with Crippen LogP contribution in [0.5, 0.6) is 0 Å². The Bertz CT molecular complexity index is 1100. The number of piperazine rings is 1. The first-order valence-corrected chi connectivity index (χ1v) is 10.3. The van der Waals surface area contributed by atoms with Crippen LogP contribution in [0.4, 0.5) is 5.82 Å². The molecule has 5 rings (SSSR count). The Kier molecular flexibility index (Phi) is 4.92. The van der Waals surface area contributed by atoms with Crippen molar-refractivity contribution >= 4 is 23.1 Å². The first-order valence-electron chi connectivity index (χ1n) is 9.88. The Balaban J connectivity index is 1.38. The molecular weight excluding hydrogens is 382 g/mol. The Labute approximate surface area is 175 Å². The second-order valence-corrected chi connectivity index (χ2v) is 7.74. The van der Waals surface area contributed by atoms with Crippen molar-refractivity contribution in [1.29, 1.82) is 0 Å². The van der Waals surface area contributed by atoms with E-state index < -0.39 is 0 Å². The maximum atomic E-state index is 5.97. The van der Waals surface area contributed by atoms with Gasteiger partial charge in [-0.2, -0.15) is 0 Å². The van der Waals surface area contributed by atoms with Gasteiger partial charge in [-0.15, -0.1) is 0 Å². The number of pyridine rings is 2. The van der Waals surface area contributed by atoms with Gasteiger partial charge in [-0.1, -0.05) is 48.0 Å². The lowest BCUT2D eigenvalue weighted by atomic mass is 10.1. The van der Waals surface area contributed by atoms with Crippen LogP contribution in [0.2, 0.25) is 5.02 Å². The highest BCUT2D eigenvalue weighted by Crippen LogP contribution is 2.26. The van der Waals surface area contributed by atoms with Gasteiger partial charge in [0.25, 0.3) is 0 Å². The molecule has 1 aliphatic rings. The summed E-state index contributed by atoms with van der Waals surface area (Å²) in [4.78, 5) is 14.2. The van der Waals surface area contributed by atoms with Crippen molar-refractivity contribution in [3.05, 3.63) is 83.8 Å². The number of hydrogen-bond acceptors (Lipinski definition) is 4. The molecule has 0 N–H and O–H groups in total. The largest absolute Gasteiger partial charge is 0.354 e. The topological polar surface area (TPSA) is 36.7 Å². The molecule has 0 atom stereocenters. The number of hydrogen-bond donors (Lipinski definition) is 0. The predicted molar refractivity (Wildman–Crippen MR) is 117 cm³/mol. The molecule has 29 heavy (non-hydrogen) atoms. The first kappa shape index (κ1) is 18.2. The van der Waals surface area contributed by atoms with Crippen molar-refractivity contribution in [2.45, 2.75) is 6.54 Å². The summed E-state index contributed by atoms with van der Waals surface area (Å²) >= 11 is 5.97. The van der Waals surface area contributed by atoms with Gasteiger partial charge in [-0.25, -0.2) is 9.97 Å². The summed E-state index contributed by atoms with van der Waals surface area (Å²) in [6.45, 7) is 4.74. The molecule has 4 aromatic rings. The molecule has 4 heterocycles. The van der Waals surface area contributed by atoms with Crippen LogP contribution in [0.1, 0.15) is 5.69 Å². The van der Waals surface area contributed by atoms with E-state index in [0.717, 1.165) is 55.4 Å². The second kappa shape index (κ2) is 7.85. The zero-order chi connectivity index (χ0) is 19.6. The highest BCUT2D eigenvalue weighted by molar-refractivity contribution is 6.30. The number of anilines is 1. The van der Waals surface area contributed by atoms with Crippen LogP contribution >= 0.6 is 11.6 Å². The van der Waals surface area contributed by atoms with Crippen LogP contribution in [0, 0.1) is 0 Å². The Morgan fingerprint density at radius 3 is 2.41 bits per heavy atom. The molecule has 0 saturated carbocycles. The number of benzene rings is 1. The van der Waals surface area contributed by atoms with Gasteiger partial charge in [0.1, 0.15) is 11.5 Å². The normalized spacial score (nSPS) is 15.1. The van der Waals surface area contributed by atoms with E-state index in [1.54, 1.807) is 6.20 Å². The fourth-order valence-electron chi connectivity index (χ4n) is 3.93. The lowest BCUT2D eigenvalue weighted by Crippen LogP contribution is -2.46. The van der Waals surface area contributed by atoms with E-state index in [1.807, 2.05) is 24.3 Å². The molecule has 146 valence electrons. The van der Waals surface area contributed by atoms with Gasteiger partial charge < -0.3 is 9.30 Å². The molecular formula is C23H22ClN5. The number of fused-ring (bicyclic) bond motifs is 1. The quantitative estimate of drug-likeness (QED) is 0.507. The van der Waals surface area contributed by atoms with Crippen LogP contribution < -0.4 is 4.90 Å². The summed E-state index contributed by atoms with van der Waals surface area (Å²) < 4.78 is 2.22. The SMILES string of the molecule is Clc1ccc(N2CCN(Cc3c(-c4ccccc4)nc4ccccn34)CC2)nc1. The molecule has 3 aromatic heterocycles. The van der Waals surface area contributed by atoms with Crippen LogP contribution in [0.15, 0.2) is 73.1 Å². The van der Waals surface area contributed by atoms with Crippen LogP contribution in [0.3, 0.4) is 0 Å². The molecule has 5 nitrogen and oxygen atoms in total. The average molecular weight is 404 g/mol. The summed E-state index contributed by atoms with van der Waals surface area (Å²) in [5.41, 5.74) is 4.46. The molecule has 1 fully saturated rings. The minimum atomic E-state index is 0.674. The van der Waals surface area contributed by atoms with Crippen molar-refractivity contribution in [3.63, 3.8) is 0 Å². The van der Waals surface area contributed by atoms with Crippen molar-refractivity contribution in [2.24, 2.45) is 0 Å². The number of rotatable bonds is 4. The van der Waals surface area contributed by atoms with E-state index in [4.69, 9.17) is 16.6 Å². The van der Waals surface area contributed by atoms with E-state index in [-0.39, 0.29) is 0 Å². The van der Waals surface area contributed by atoms with Gasteiger partial charge in [0.2, 0.25) is 0 Å². The summed E-state index contributed by atoms with van der Waals surface area (Å²) in [5, 5.41) is 0.674. The smallest absolute Gasteiger partial charge is 0.137 e. The second-order valence-electron chi connectivity index (χ2n) is 7.30. The molecule has 0 aliphatic carbocycles. The number of halogens is 1. The van der Waals surface area contributed by atoms with Gasteiger partial charge in [0, 0.05) is 50.7 Å². The Morgan fingerprint density at radius 1 is 0.862 bits per heavy atom. The third-order valence-corrected chi connectivity index (χ3v) is 5.68. The fourth-order valence-corrected chi connectivity index (χ4v) is 4.04. The standard InChI is InChI=1S/C23H22ClN5/c24-19-9-10-21(25-16-19)28-14-12-27(13-15-28)17-20-23(18-6-2-1-3-7-18)26-22-8-4-5-11-29(20)22/h1-11,16H,12-15,17H2. The predicted octanol–water partition coefficient (Wildman–Crippen LogP) is 4.37. The number of imidazole rings is 1. The van der Waals surface area contributed by atoms with Gasteiger partial charge in [0.15, 0.2) is 0 Å². The van der Waals surface area contributed by atoms with E-state index in [2.05, 4.69) is 61.8 Å². The summed E-state index contributed by atoms with van der Waals surface area (Å²) in [6.07, 6.45) is 3.83. The molecule has 1 saturated heterocycles. The fraction of sp³-hybridized carbons (Fsp3) is 0.217. The first-order chi connectivity index (χ1) is 14.3. The molecule has 0 bridgehead atoms. The van der Waals surface area contributed by atoms with E-state index in [9.17, 15) is 0 Å². The van der Waals surface area contributed by atoms with Crippen LogP contribution in [-0.4, -0.2) is 45.4 Å². The van der Waals surface area contributed by atoms with Crippen LogP contribution in [-0.2, 0) is 6.54 Å². The molecule has 0 radical (unpaired) electrons. The lowest BCUT2D eigenvalue weighted by Gasteiger charge is -2.35. The molecule has 1 aliphatic heterocycles. The minimum absolute atomic E-state index is 0.674. The summed E-state index contributed by atoms with van der Waals surface area (Å²) in [6, 6.07) is 20.5. The van der Waals surface area contributed by atoms with E-state index in [0.29, 0.717) is 5.02 Å². The lowest BCUT2D eigenvalue weighted by molar-refractivity contribution is 0.246. The highest BCUT2D eigenvalue weighted by atomic mass is 35.5. The van der Waals surface area contributed by atoms with Crippen molar-refractivity contribution < 1.29 is 0 Å². The summed E-state index contributed by atoms with van der Waals surface area (Å²) in [7, 11) is 0. The number of aromatic nitrogens is 3. The summed E-state index contributed by atoms with van der Waals surface area (Å²) in [5.74, 6) is 0.994. The minimum Gasteiger partial charge on any atom is -0.354 e. The van der Waals surface area contributed by atoms with Crippen LogP contribution in [0.25, 0.3) is 16.9 Å². The third-order valence-electron chi connectivity index (χ3n) is 5.46. The molecule has 0 spiro atoms. The molecule has 0 unspecified atom stereocenters. The zero-order valence-corrected chi connectivity index (χ0v) is 16.8. The molecule has 1 aromatic carbocycles. The van der Waals surface area contributed by atoms with Crippen molar-refractivity contribution in [2.75, 3.05) is 31.1 Å². The molecule has 6 heteroatoms. The van der Waals surface area contributed by atoms with Gasteiger partial charge >= 0.3 is 0 Å². The maximum Gasteiger partial charge on any atom is 0.137 e. The average Bonchev–Trinajstić information content (AvgIpc) is 3.14. The highest BCUT2D eigenvalue weighted by Gasteiger charge is 2.21. The van der Waals surface area contributed by atoms with Gasteiger partial charge in [-0.3, -0.25) is 4.90 Å². The van der Waals surface area contributed by atoms with Gasteiger partial charge in [0.05, 0.1) is 16.4 Å². The van der Waals surface area contributed by atoms with Gasteiger partial charge in [-0.05, 0) is 24.3 Å². The monoisotopic (exact) mass is 403 g/mol. The van der Waals surface area contributed by atoms with E-state index in [1.165, 1.54) is 5.69 Å². The Hall–Kier alpha value is -2.89. The molecule has 0 amide bonds. The van der Waals surface area contributed by atoms with Crippen molar-refractivity contribution in [1.82, 2.24) is 19.3 Å². The van der Waals surface area contributed by atoms with Crippen molar-refractivity contribution in [3.8, 4) is 11.3 Å². The number of nitrogens with zero attached hydrogens (tertiary/aromatic N) is 5. The Morgan fingerprint density at radius 2 is 1.66 bits per heavy atom. The maximum absolute atomic E-state index is 5.97. The van der Waals surface area contributed by atoms with E-state index >= 15 is 0 Å². The zero-order valence-electron chi connectivity index (χ0n) is 16.1.